The quantitative estimate of drug-likeness (QED) is 0.679. The van der Waals surface area contributed by atoms with Crippen molar-refractivity contribution in [2.24, 2.45) is 7.05 Å². The number of piperidine rings is 1. The third-order valence-electron chi connectivity index (χ3n) is 6.53. The van der Waals surface area contributed by atoms with Crippen molar-refractivity contribution in [1.29, 1.82) is 0 Å². The predicted molar refractivity (Wildman–Crippen MR) is 114 cm³/mol. The number of urea groups is 1. The first-order valence-electron chi connectivity index (χ1n) is 10.7. The highest BCUT2D eigenvalue weighted by molar-refractivity contribution is 6.07. The number of para-hydroxylation sites is 2. The van der Waals surface area contributed by atoms with Crippen molar-refractivity contribution in [1.82, 2.24) is 24.3 Å². The van der Waals surface area contributed by atoms with Crippen LogP contribution in [0, 0.1) is 0 Å². The molecule has 0 aliphatic carbocycles. The van der Waals surface area contributed by atoms with Crippen molar-refractivity contribution >= 4 is 23.0 Å². The van der Waals surface area contributed by atoms with Crippen molar-refractivity contribution in [3.63, 3.8) is 0 Å². The molecule has 2 saturated heterocycles. The number of carbonyl (C=O) groups is 2. The topological polar surface area (TPSA) is 70.9 Å². The number of benzene rings is 1. The molecular weight excluding hydrogens is 382 g/mol. The van der Waals surface area contributed by atoms with Gasteiger partial charge in [0.15, 0.2) is 0 Å². The summed E-state index contributed by atoms with van der Waals surface area (Å²) in [5, 5.41) is 0. The maximum absolute atomic E-state index is 13.3. The van der Waals surface area contributed by atoms with Crippen LogP contribution < -0.4 is 0 Å². The second-order valence-electron chi connectivity index (χ2n) is 8.58. The molecular formula is C22H31N5O3. The van der Waals surface area contributed by atoms with Crippen LogP contribution in [0.4, 0.5) is 4.79 Å². The molecule has 162 valence electrons. The van der Waals surface area contributed by atoms with E-state index in [1.165, 1.54) is 4.90 Å². The van der Waals surface area contributed by atoms with E-state index in [0.29, 0.717) is 26.0 Å². The van der Waals surface area contributed by atoms with Gasteiger partial charge in [-0.25, -0.2) is 9.78 Å². The monoisotopic (exact) mass is 413 g/mol. The minimum Gasteiger partial charge on any atom is -0.383 e. The Morgan fingerprint density at radius 3 is 2.50 bits per heavy atom. The molecule has 1 aromatic carbocycles. The number of imide groups is 1. The van der Waals surface area contributed by atoms with Crippen LogP contribution >= 0.6 is 0 Å². The molecule has 0 atom stereocenters. The van der Waals surface area contributed by atoms with E-state index in [0.717, 1.165) is 36.5 Å². The SMILES string of the molecule is COCCN1C(=O)N(C(C)C)C(=O)C12CCN(Cc1nc3ccccc3n1C)CC2. The maximum Gasteiger partial charge on any atom is 0.327 e. The summed E-state index contributed by atoms with van der Waals surface area (Å²) in [6.45, 7) is 6.88. The highest BCUT2D eigenvalue weighted by Gasteiger charge is 2.58. The molecule has 2 aliphatic rings. The fourth-order valence-electron chi connectivity index (χ4n) is 4.79. The van der Waals surface area contributed by atoms with Crippen molar-refractivity contribution < 1.29 is 14.3 Å². The number of aryl methyl sites for hydroxylation is 1. The smallest absolute Gasteiger partial charge is 0.327 e. The first kappa shape index (κ1) is 20.8. The van der Waals surface area contributed by atoms with Gasteiger partial charge in [-0.3, -0.25) is 14.6 Å². The van der Waals surface area contributed by atoms with E-state index in [2.05, 4.69) is 15.5 Å². The first-order chi connectivity index (χ1) is 14.4. The predicted octanol–water partition coefficient (Wildman–Crippen LogP) is 2.23. The van der Waals surface area contributed by atoms with E-state index < -0.39 is 5.54 Å². The highest BCUT2D eigenvalue weighted by atomic mass is 16.5. The van der Waals surface area contributed by atoms with E-state index in [-0.39, 0.29) is 18.0 Å². The Morgan fingerprint density at radius 2 is 1.87 bits per heavy atom. The van der Waals surface area contributed by atoms with Crippen LogP contribution in [0.3, 0.4) is 0 Å². The molecule has 0 radical (unpaired) electrons. The molecule has 3 heterocycles. The molecule has 1 spiro atoms. The average molecular weight is 414 g/mol. The Balaban J connectivity index is 1.51. The average Bonchev–Trinajstić information content (AvgIpc) is 3.14. The molecule has 1 aromatic heterocycles. The summed E-state index contributed by atoms with van der Waals surface area (Å²) in [5.74, 6) is 0.960. The van der Waals surface area contributed by atoms with E-state index in [1.807, 2.05) is 39.1 Å². The summed E-state index contributed by atoms with van der Waals surface area (Å²) >= 11 is 0. The number of amides is 3. The lowest BCUT2D eigenvalue weighted by Gasteiger charge is -2.42. The Morgan fingerprint density at radius 1 is 1.17 bits per heavy atom. The van der Waals surface area contributed by atoms with Crippen LogP contribution in [0.2, 0.25) is 0 Å². The Hall–Kier alpha value is -2.45. The Kier molecular flexibility index (Phi) is 5.55. The van der Waals surface area contributed by atoms with E-state index in [4.69, 9.17) is 9.72 Å². The molecule has 30 heavy (non-hydrogen) atoms. The number of hydrogen-bond acceptors (Lipinski definition) is 5. The van der Waals surface area contributed by atoms with E-state index >= 15 is 0 Å². The van der Waals surface area contributed by atoms with Gasteiger partial charge in [0.1, 0.15) is 11.4 Å². The van der Waals surface area contributed by atoms with Crippen LogP contribution in [0.15, 0.2) is 24.3 Å². The van der Waals surface area contributed by atoms with Gasteiger partial charge in [0, 0.05) is 39.8 Å². The number of aromatic nitrogens is 2. The molecule has 0 N–H and O–H groups in total. The van der Waals surface area contributed by atoms with E-state index in [1.54, 1.807) is 12.0 Å². The van der Waals surface area contributed by atoms with Gasteiger partial charge < -0.3 is 14.2 Å². The minimum absolute atomic E-state index is 0.0546. The molecule has 0 saturated carbocycles. The molecule has 4 rings (SSSR count). The standard InChI is InChI=1S/C22H31N5O3/c1-16(2)27-20(28)22(26(21(27)29)13-14-30-4)9-11-25(12-10-22)15-19-23-17-7-5-6-8-18(17)24(19)3/h5-8,16H,9-15H2,1-4H3. The lowest BCUT2D eigenvalue weighted by molar-refractivity contribution is -0.136. The van der Waals surface area contributed by atoms with Crippen LogP contribution in [-0.2, 0) is 23.1 Å². The molecule has 2 aliphatic heterocycles. The first-order valence-corrected chi connectivity index (χ1v) is 10.7. The lowest BCUT2D eigenvalue weighted by atomic mass is 9.85. The van der Waals surface area contributed by atoms with Gasteiger partial charge in [0.2, 0.25) is 0 Å². The normalized spacial score (nSPS) is 19.8. The number of likely N-dealkylation sites (tertiary alicyclic amines) is 1. The number of nitrogens with zero attached hydrogens (tertiary/aromatic N) is 5. The van der Waals surface area contributed by atoms with Crippen molar-refractivity contribution in [3.05, 3.63) is 30.1 Å². The molecule has 8 nitrogen and oxygen atoms in total. The Bertz CT molecular complexity index is 945. The zero-order valence-electron chi connectivity index (χ0n) is 18.3. The molecule has 2 aromatic rings. The van der Waals surface area contributed by atoms with Crippen LogP contribution in [0.25, 0.3) is 11.0 Å². The summed E-state index contributed by atoms with van der Waals surface area (Å²) in [6, 6.07) is 7.80. The lowest BCUT2D eigenvalue weighted by Crippen LogP contribution is -2.57. The molecule has 8 heteroatoms. The molecule has 0 bridgehead atoms. The third kappa shape index (κ3) is 3.28. The molecule has 3 amide bonds. The van der Waals surface area contributed by atoms with Gasteiger partial charge in [-0.15, -0.1) is 0 Å². The number of carbonyl (C=O) groups excluding carboxylic acids is 2. The van der Waals surface area contributed by atoms with Crippen LogP contribution in [0.1, 0.15) is 32.5 Å². The van der Waals surface area contributed by atoms with Crippen molar-refractivity contribution in [3.8, 4) is 0 Å². The third-order valence-corrected chi connectivity index (χ3v) is 6.53. The zero-order chi connectivity index (χ0) is 21.5. The number of methoxy groups -OCH3 is 1. The van der Waals surface area contributed by atoms with Crippen molar-refractivity contribution in [2.75, 3.05) is 33.4 Å². The fraction of sp³-hybridized carbons (Fsp3) is 0.591. The number of rotatable bonds is 6. The summed E-state index contributed by atoms with van der Waals surface area (Å²) in [7, 11) is 3.66. The highest BCUT2D eigenvalue weighted by Crippen LogP contribution is 2.38. The summed E-state index contributed by atoms with van der Waals surface area (Å²) in [5.41, 5.74) is 1.37. The van der Waals surface area contributed by atoms with Gasteiger partial charge in [-0.2, -0.15) is 0 Å². The van der Waals surface area contributed by atoms with E-state index in [9.17, 15) is 9.59 Å². The van der Waals surface area contributed by atoms with Crippen LogP contribution in [0.5, 0.6) is 0 Å². The largest absolute Gasteiger partial charge is 0.383 e. The fourth-order valence-corrected chi connectivity index (χ4v) is 4.79. The summed E-state index contributed by atoms with van der Waals surface area (Å²) < 4.78 is 7.35. The van der Waals surface area contributed by atoms with Gasteiger partial charge in [-0.05, 0) is 38.8 Å². The summed E-state index contributed by atoms with van der Waals surface area (Å²) in [6.07, 6.45) is 1.27. The number of hydrogen-bond donors (Lipinski definition) is 0. The maximum atomic E-state index is 13.3. The summed E-state index contributed by atoms with van der Waals surface area (Å²) in [4.78, 5) is 36.6. The minimum atomic E-state index is -0.747. The number of imidazole rings is 1. The van der Waals surface area contributed by atoms with Gasteiger partial charge in [0.25, 0.3) is 5.91 Å². The number of ether oxygens (including phenoxy) is 1. The second-order valence-corrected chi connectivity index (χ2v) is 8.58. The van der Waals surface area contributed by atoms with Crippen LogP contribution in [-0.4, -0.2) is 81.1 Å². The molecule has 0 unspecified atom stereocenters. The second kappa shape index (κ2) is 8.00. The van der Waals surface area contributed by atoms with Gasteiger partial charge in [-0.1, -0.05) is 12.1 Å². The van der Waals surface area contributed by atoms with Crippen molar-refractivity contribution in [2.45, 2.75) is 44.8 Å². The Labute approximate surface area is 177 Å². The molecule has 2 fully saturated rings. The number of fused-ring (bicyclic) bond motifs is 1. The van der Waals surface area contributed by atoms with Gasteiger partial charge in [0.05, 0.1) is 24.2 Å². The van der Waals surface area contributed by atoms with Gasteiger partial charge >= 0.3 is 6.03 Å². The zero-order valence-corrected chi connectivity index (χ0v) is 18.3.